The highest BCUT2D eigenvalue weighted by Gasteiger charge is 2.17. The predicted octanol–water partition coefficient (Wildman–Crippen LogP) is 3.83. The summed E-state index contributed by atoms with van der Waals surface area (Å²) in [6.07, 6.45) is -1.26. The Morgan fingerprint density at radius 2 is 2.00 bits per heavy atom. The molecule has 0 spiro atoms. The lowest BCUT2D eigenvalue weighted by molar-refractivity contribution is 0.100. The summed E-state index contributed by atoms with van der Waals surface area (Å²) in [5.41, 5.74) is 16.4. The molecule has 29 heavy (non-hydrogen) atoms. The SMILES string of the molecule is COCc1ccc2c(N)c(O)c(C(O)Nc3ccc(C(=O)N=[N+]=[N-])cc3)cc2c1. The molecule has 0 aliphatic carbocycles. The Labute approximate surface area is 166 Å². The first-order valence-electron chi connectivity index (χ1n) is 8.61. The van der Waals surface area contributed by atoms with E-state index in [0.717, 1.165) is 10.9 Å². The molecule has 0 heterocycles. The quantitative estimate of drug-likeness (QED) is 0.125. The highest BCUT2D eigenvalue weighted by Crippen LogP contribution is 2.37. The number of nitrogens with one attached hydrogen (secondary N) is 1. The van der Waals surface area contributed by atoms with Crippen molar-refractivity contribution in [2.24, 2.45) is 5.11 Å². The van der Waals surface area contributed by atoms with E-state index in [1.54, 1.807) is 31.4 Å². The smallest absolute Gasteiger partial charge is 0.249 e. The second kappa shape index (κ2) is 8.49. The molecule has 0 bridgehead atoms. The van der Waals surface area contributed by atoms with Crippen LogP contribution in [0.5, 0.6) is 5.75 Å². The maximum Gasteiger partial charge on any atom is 0.249 e. The fourth-order valence-electron chi connectivity index (χ4n) is 3.00. The van der Waals surface area contributed by atoms with E-state index >= 15 is 0 Å². The van der Waals surface area contributed by atoms with E-state index in [2.05, 4.69) is 15.3 Å². The van der Waals surface area contributed by atoms with Gasteiger partial charge in [-0.2, -0.15) is 0 Å². The Bertz CT molecular complexity index is 1110. The number of aliphatic hydroxyl groups excluding tert-OH is 1. The maximum absolute atomic E-state index is 11.5. The molecule has 0 aliphatic heterocycles. The topological polar surface area (TPSA) is 154 Å². The van der Waals surface area contributed by atoms with Crippen LogP contribution >= 0.6 is 0 Å². The molecule has 148 valence electrons. The summed E-state index contributed by atoms with van der Waals surface area (Å²) in [4.78, 5) is 14.0. The standard InChI is InChI=1S/C20H19N5O4/c1-29-10-11-2-7-15-13(8-11)9-16(18(26)17(15)21)20(28)23-14-5-3-12(4-6-14)19(27)24-25-22/h2-9,20,23,26,28H,10,21H2,1H3. The molecule has 9 heteroatoms. The van der Waals surface area contributed by atoms with Crippen LogP contribution in [0, 0.1) is 0 Å². The van der Waals surface area contributed by atoms with Gasteiger partial charge in [-0.15, -0.1) is 0 Å². The lowest BCUT2D eigenvalue weighted by Crippen LogP contribution is -2.11. The number of carbonyl (C=O) groups excluding carboxylic acids is 1. The number of hydrogen-bond acceptors (Lipinski definition) is 6. The molecule has 0 saturated carbocycles. The molecule has 0 aliphatic rings. The molecule has 3 aromatic carbocycles. The van der Waals surface area contributed by atoms with Crippen LogP contribution < -0.4 is 11.1 Å². The minimum Gasteiger partial charge on any atom is -0.505 e. The largest absolute Gasteiger partial charge is 0.505 e. The van der Waals surface area contributed by atoms with Crippen LogP contribution in [0.15, 0.2) is 53.6 Å². The van der Waals surface area contributed by atoms with Gasteiger partial charge in [-0.05, 0) is 58.0 Å². The number of amides is 1. The van der Waals surface area contributed by atoms with Crippen LogP contribution in [0.25, 0.3) is 21.2 Å². The van der Waals surface area contributed by atoms with Gasteiger partial charge in [0, 0.05) is 34.2 Å². The van der Waals surface area contributed by atoms with Crippen molar-refractivity contribution in [3.05, 3.63) is 75.7 Å². The number of rotatable bonds is 6. The highest BCUT2D eigenvalue weighted by atomic mass is 16.5. The molecule has 0 radical (unpaired) electrons. The summed E-state index contributed by atoms with van der Waals surface area (Å²) in [6.45, 7) is 0.424. The number of ether oxygens (including phenoxy) is 1. The minimum absolute atomic E-state index is 0.164. The Morgan fingerprint density at radius 3 is 2.66 bits per heavy atom. The Kier molecular flexibility index (Phi) is 5.85. The van der Waals surface area contributed by atoms with E-state index in [1.165, 1.54) is 12.1 Å². The molecule has 0 fully saturated rings. The van der Waals surface area contributed by atoms with E-state index in [-0.39, 0.29) is 22.6 Å². The van der Waals surface area contributed by atoms with Crippen LogP contribution in [-0.2, 0) is 11.3 Å². The lowest BCUT2D eigenvalue weighted by Gasteiger charge is -2.18. The first-order chi connectivity index (χ1) is 13.9. The number of fused-ring (bicyclic) bond motifs is 1. The average Bonchev–Trinajstić information content (AvgIpc) is 2.71. The monoisotopic (exact) mass is 393 g/mol. The molecule has 0 saturated heterocycles. The van der Waals surface area contributed by atoms with Crippen molar-refractivity contribution in [1.29, 1.82) is 0 Å². The Morgan fingerprint density at radius 1 is 1.28 bits per heavy atom. The molecular weight excluding hydrogens is 374 g/mol. The summed E-state index contributed by atoms with van der Waals surface area (Å²) in [5.74, 6) is -0.918. The van der Waals surface area contributed by atoms with Gasteiger partial charge in [0.2, 0.25) is 5.91 Å². The van der Waals surface area contributed by atoms with E-state index in [4.69, 9.17) is 16.0 Å². The van der Waals surface area contributed by atoms with Gasteiger partial charge in [-0.3, -0.25) is 4.79 Å². The average molecular weight is 393 g/mol. The van der Waals surface area contributed by atoms with Crippen molar-refractivity contribution in [3.8, 4) is 5.75 Å². The van der Waals surface area contributed by atoms with Gasteiger partial charge in [-0.25, -0.2) is 0 Å². The molecule has 3 aromatic rings. The number of phenols is 1. The number of phenolic OH excluding ortho intramolecular Hbond substituents is 1. The number of nitrogens with two attached hydrogens (primary N) is 1. The van der Waals surface area contributed by atoms with Crippen LogP contribution in [0.4, 0.5) is 11.4 Å². The van der Waals surface area contributed by atoms with E-state index in [9.17, 15) is 15.0 Å². The summed E-state index contributed by atoms with van der Waals surface area (Å²) in [5, 5.41) is 28.3. The van der Waals surface area contributed by atoms with Crippen LogP contribution in [0.2, 0.25) is 0 Å². The first kappa shape index (κ1) is 20.0. The number of aliphatic hydroxyl groups is 1. The zero-order chi connectivity index (χ0) is 21.0. The number of nitrogens with zero attached hydrogens (tertiary/aromatic N) is 3. The second-order valence-corrected chi connectivity index (χ2v) is 6.34. The number of nitrogen functional groups attached to an aromatic ring is 1. The van der Waals surface area contributed by atoms with Gasteiger partial charge in [0.05, 0.1) is 12.3 Å². The third-order valence-electron chi connectivity index (χ3n) is 4.42. The van der Waals surface area contributed by atoms with Gasteiger partial charge in [0.1, 0.15) is 5.75 Å². The number of benzene rings is 3. The minimum atomic E-state index is -1.26. The molecule has 1 atom stereocenters. The Hall–Kier alpha value is -3.78. The molecule has 1 amide bonds. The molecule has 3 rings (SSSR count). The summed E-state index contributed by atoms with van der Waals surface area (Å²) < 4.78 is 5.14. The maximum atomic E-state index is 11.5. The molecule has 1 unspecified atom stereocenters. The van der Waals surface area contributed by atoms with Crippen LogP contribution in [0.1, 0.15) is 27.7 Å². The van der Waals surface area contributed by atoms with Crippen molar-refractivity contribution in [2.75, 3.05) is 18.2 Å². The van der Waals surface area contributed by atoms with E-state index in [1.807, 2.05) is 12.1 Å². The summed E-state index contributed by atoms with van der Waals surface area (Å²) in [6, 6.07) is 13.2. The number of hydrogen-bond donors (Lipinski definition) is 4. The van der Waals surface area contributed by atoms with Crippen LogP contribution in [0.3, 0.4) is 0 Å². The third kappa shape index (κ3) is 4.22. The molecule has 0 aromatic heterocycles. The van der Waals surface area contributed by atoms with Crippen molar-refractivity contribution in [1.82, 2.24) is 0 Å². The molecule has 5 N–H and O–H groups in total. The number of carbonyl (C=O) groups is 1. The molecule has 9 nitrogen and oxygen atoms in total. The Balaban J connectivity index is 1.89. The van der Waals surface area contributed by atoms with Gasteiger partial charge >= 0.3 is 0 Å². The number of aromatic hydroxyl groups is 1. The number of azide groups is 1. The predicted molar refractivity (Wildman–Crippen MR) is 109 cm³/mol. The van der Waals surface area contributed by atoms with E-state index in [0.29, 0.717) is 17.7 Å². The van der Waals surface area contributed by atoms with Gasteiger partial charge in [0.15, 0.2) is 6.23 Å². The summed E-state index contributed by atoms with van der Waals surface area (Å²) >= 11 is 0. The van der Waals surface area contributed by atoms with Gasteiger partial charge < -0.3 is 26.0 Å². The lowest BCUT2D eigenvalue weighted by atomic mass is 10.0. The fraction of sp³-hybridized carbons (Fsp3) is 0.150. The zero-order valence-corrected chi connectivity index (χ0v) is 15.5. The first-order valence-corrected chi connectivity index (χ1v) is 8.61. The summed E-state index contributed by atoms with van der Waals surface area (Å²) in [7, 11) is 1.60. The zero-order valence-electron chi connectivity index (χ0n) is 15.5. The van der Waals surface area contributed by atoms with Crippen LogP contribution in [-0.4, -0.2) is 23.2 Å². The fourth-order valence-corrected chi connectivity index (χ4v) is 3.00. The van der Waals surface area contributed by atoms with Crippen molar-refractivity contribution in [2.45, 2.75) is 12.8 Å². The van der Waals surface area contributed by atoms with Gasteiger partial charge in [-0.1, -0.05) is 12.1 Å². The molecular formula is C20H19N5O4. The van der Waals surface area contributed by atoms with Crippen molar-refractivity contribution < 1.29 is 19.7 Å². The van der Waals surface area contributed by atoms with Crippen molar-refractivity contribution in [3.63, 3.8) is 0 Å². The second-order valence-electron chi connectivity index (χ2n) is 6.34. The van der Waals surface area contributed by atoms with E-state index < -0.39 is 12.1 Å². The normalized spacial score (nSPS) is 11.7. The third-order valence-corrected chi connectivity index (χ3v) is 4.42. The van der Waals surface area contributed by atoms with Crippen molar-refractivity contribution >= 4 is 28.1 Å². The number of methoxy groups -OCH3 is 1. The number of anilines is 2. The highest BCUT2D eigenvalue weighted by molar-refractivity contribution is 5.97. The van der Waals surface area contributed by atoms with Gasteiger partial charge in [0.25, 0.3) is 0 Å².